The van der Waals surface area contributed by atoms with E-state index < -0.39 is 11.6 Å². The Balaban J connectivity index is 2.07. The SMILES string of the molecule is CCC(NCc1cc(F)ccc1F)c1ccc(F)cc1. The first-order valence-corrected chi connectivity index (χ1v) is 6.53. The van der Waals surface area contributed by atoms with Crippen molar-refractivity contribution in [1.29, 1.82) is 0 Å². The van der Waals surface area contributed by atoms with Crippen molar-refractivity contribution in [1.82, 2.24) is 5.32 Å². The van der Waals surface area contributed by atoms with E-state index in [-0.39, 0.29) is 24.0 Å². The highest BCUT2D eigenvalue weighted by Gasteiger charge is 2.10. The lowest BCUT2D eigenvalue weighted by atomic mass is 10.0. The van der Waals surface area contributed by atoms with Gasteiger partial charge in [0.25, 0.3) is 0 Å². The molecule has 0 heterocycles. The van der Waals surface area contributed by atoms with E-state index in [2.05, 4.69) is 5.32 Å². The summed E-state index contributed by atoms with van der Waals surface area (Å²) in [5, 5.41) is 3.16. The highest BCUT2D eigenvalue weighted by Crippen LogP contribution is 2.18. The molecule has 0 amide bonds. The Bertz CT molecular complexity index is 566. The number of nitrogens with one attached hydrogen (secondary N) is 1. The second-order valence-corrected chi connectivity index (χ2v) is 4.63. The van der Waals surface area contributed by atoms with E-state index >= 15 is 0 Å². The van der Waals surface area contributed by atoms with Crippen molar-refractivity contribution in [3.63, 3.8) is 0 Å². The van der Waals surface area contributed by atoms with Crippen LogP contribution < -0.4 is 5.32 Å². The molecule has 0 bridgehead atoms. The number of hydrogen-bond donors (Lipinski definition) is 1. The van der Waals surface area contributed by atoms with Gasteiger partial charge in [-0.25, -0.2) is 13.2 Å². The first-order valence-electron chi connectivity index (χ1n) is 6.53. The average molecular weight is 279 g/mol. The van der Waals surface area contributed by atoms with E-state index in [0.717, 1.165) is 24.1 Å². The molecule has 2 rings (SSSR count). The Labute approximate surface area is 116 Å². The summed E-state index contributed by atoms with van der Waals surface area (Å²) >= 11 is 0. The van der Waals surface area contributed by atoms with Gasteiger partial charge in [-0.05, 0) is 42.3 Å². The van der Waals surface area contributed by atoms with E-state index in [0.29, 0.717) is 0 Å². The summed E-state index contributed by atoms with van der Waals surface area (Å²) in [5.74, 6) is -1.19. The molecule has 20 heavy (non-hydrogen) atoms. The second kappa shape index (κ2) is 6.57. The van der Waals surface area contributed by atoms with E-state index in [1.54, 1.807) is 12.1 Å². The Morgan fingerprint density at radius 1 is 0.950 bits per heavy atom. The van der Waals surface area contributed by atoms with E-state index in [1.807, 2.05) is 6.92 Å². The van der Waals surface area contributed by atoms with Gasteiger partial charge in [-0.1, -0.05) is 19.1 Å². The smallest absolute Gasteiger partial charge is 0.127 e. The van der Waals surface area contributed by atoms with Crippen LogP contribution in [0.25, 0.3) is 0 Å². The van der Waals surface area contributed by atoms with Gasteiger partial charge in [0.2, 0.25) is 0 Å². The largest absolute Gasteiger partial charge is 0.306 e. The summed E-state index contributed by atoms with van der Waals surface area (Å²) in [6, 6.07) is 9.53. The molecule has 2 aromatic carbocycles. The number of rotatable bonds is 5. The topological polar surface area (TPSA) is 12.0 Å². The lowest BCUT2D eigenvalue weighted by molar-refractivity contribution is 0.499. The monoisotopic (exact) mass is 279 g/mol. The van der Waals surface area contributed by atoms with Crippen LogP contribution in [-0.2, 0) is 6.54 Å². The van der Waals surface area contributed by atoms with Crippen molar-refractivity contribution in [3.05, 3.63) is 71.0 Å². The second-order valence-electron chi connectivity index (χ2n) is 4.63. The minimum Gasteiger partial charge on any atom is -0.306 e. The van der Waals surface area contributed by atoms with Crippen molar-refractivity contribution >= 4 is 0 Å². The highest BCUT2D eigenvalue weighted by atomic mass is 19.1. The molecule has 1 atom stereocenters. The summed E-state index contributed by atoms with van der Waals surface area (Å²) < 4.78 is 39.5. The molecule has 2 aromatic rings. The molecule has 0 saturated heterocycles. The predicted octanol–water partition coefficient (Wildman–Crippen LogP) is 4.34. The van der Waals surface area contributed by atoms with Crippen LogP contribution in [0.1, 0.15) is 30.5 Å². The highest BCUT2D eigenvalue weighted by molar-refractivity contribution is 5.22. The lowest BCUT2D eigenvalue weighted by Gasteiger charge is -2.17. The number of hydrogen-bond acceptors (Lipinski definition) is 1. The Morgan fingerprint density at radius 3 is 2.25 bits per heavy atom. The van der Waals surface area contributed by atoms with Gasteiger partial charge in [-0.3, -0.25) is 0 Å². The molecule has 106 valence electrons. The van der Waals surface area contributed by atoms with Crippen molar-refractivity contribution in [2.24, 2.45) is 0 Å². The maximum atomic E-state index is 13.5. The first kappa shape index (κ1) is 14.6. The number of halogens is 3. The van der Waals surface area contributed by atoms with Crippen LogP contribution >= 0.6 is 0 Å². The standard InChI is InChI=1S/C16H16F3N/c1-2-16(11-3-5-13(17)6-4-11)20-10-12-9-14(18)7-8-15(12)19/h3-9,16,20H,2,10H2,1H3. The molecule has 0 radical (unpaired) electrons. The zero-order valence-electron chi connectivity index (χ0n) is 11.2. The van der Waals surface area contributed by atoms with Gasteiger partial charge in [0.1, 0.15) is 17.5 Å². The molecule has 0 aliphatic heterocycles. The third kappa shape index (κ3) is 3.61. The molecule has 1 unspecified atom stereocenters. The van der Waals surface area contributed by atoms with Gasteiger partial charge < -0.3 is 5.32 Å². The van der Waals surface area contributed by atoms with Gasteiger partial charge in [-0.2, -0.15) is 0 Å². The Kier molecular flexibility index (Phi) is 4.79. The summed E-state index contributed by atoms with van der Waals surface area (Å²) in [4.78, 5) is 0. The zero-order valence-corrected chi connectivity index (χ0v) is 11.2. The average Bonchev–Trinajstić information content (AvgIpc) is 2.45. The first-order chi connectivity index (χ1) is 9.60. The molecular formula is C16H16F3N. The molecule has 0 aromatic heterocycles. The molecule has 0 aliphatic rings. The molecule has 0 spiro atoms. The van der Waals surface area contributed by atoms with Crippen LogP contribution in [0, 0.1) is 17.5 Å². The van der Waals surface area contributed by atoms with Crippen LogP contribution in [0.2, 0.25) is 0 Å². The normalized spacial score (nSPS) is 12.4. The van der Waals surface area contributed by atoms with Crippen LogP contribution in [-0.4, -0.2) is 0 Å². The Hall–Kier alpha value is -1.81. The van der Waals surface area contributed by atoms with E-state index in [4.69, 9.17) is 0 Å². The summed E-state index contributed by atoms with van der Waals surface area (Å²) in [6.45, 7) is 2.20. The third-order valence-electron chi connectivity index (χ3n) is 3.23. The van der Waals surface area contributed by atoms with Crippen molar-refractivity contribution in [3.8, 4) is 0 Å². The fraction of sp³-hybridized carbons (Fsp3) is 0.250. The van der Waals surface area contributed by atoms with Gasteiger partial charge in [0.15, 0.2) is 0 Å². The van der Waals surface area contributed by atoms with Gasteiger partial charge in [0.05, 0.1) is 0 Å². The summed E-state index contributed by atoms with van der Waals surface area (Å²) in [5.41, 5.74) is 1.20. The van der Waals surface area contributed by atoms with Crippen LogP contribution in [0.5, 0.6) is 0 Å². The van der Waals surface area contributed by atoms with Gasteiger partial charge in [0, 0.05) is 18.2 Å². The van der Waals surface area contributed by atoms with E-state index in [1.165, 1.54) is 18.2 Å². The fourth-order valence-corrected chi connectivity index (χ4v) is 2.10. The van der Waals surface area contributed by atoms with Crippen LogP contribution in [0.3, 0.4) is 0 Å². The maximum absolute atomic E-state index is 13.5. The number of benzene rings is 2. The van der Waals surface area contributed by atoms with Crippen molar-refractivity contribution in [2.75, 3.05) is 0 Å². The van der Waals surface area contributed by atoms with Crippen LogP contribution in [0.15, 0.2) is 42.5 Å². The summed E-state index contributed by atoms with van der Waals surface area (Å²) in [7, 11) is 0. The molecule has 1 N–H and O–H groups in total. The van der Waals surface area contributed by atoms with Gasteiger partial charge in [-0.15, -0.1) is 0 Å². The molecular weight excluding hydrogens is 263 g/mol. The van der Waals surface area contributed by atoms with Crippen LogP contribution in [0.4, 0.5) is 13.2 Å². The summed E-state index contributed by atoms with van der Waals surface area (Å²) in [6.07, 6.45) is 0.766. The molecule has 0 fully saturated rings. The maximum Gasteiger partial charge on any atom is 0.127 e. The molecule has 1 nitrogen and oxygen atoms in total. The fourth-order valence-electron chi connectivity index (χ4n) is 2.10. The third-order valence-corrected chi connectivity index (χ3v) is 3.23. The van der Waals surface area contributed by atoms with Crippen molar-refractivity contribution in [2.45, 2.75) is 25.9 Å². The lowest BCUT2D eigenvalue weighted by Crippen LogP contribution is -2.21. The molecule has 4 heteroatoms. The predicted molar refractivity (Wildman–Crippen MR) is 72.6 cm³/mol. The van der Waals surface area contributed by atoms with Gasteiger partial charge >= 0.3 is 0 Å². The molecule has 0 aliphatic carbocycles. The zero-order chi connectivity index (χ0) is 14.5. The Morgan fingerprint density at radius 2 is 1.60 bits per heavy atom. The molecule has 0 saturated carbocycles. The van der Waals surface area contributed by atoms with Crippen molar-refractivity contribution < 1.29 is 13.2 Å². The van der Waals surface area contributed by atoms with E-state index in [9.17, 15) is 13.2 Å². The minimum absolute atomic E-state index is 0.0294. The minimum atomic E-state index is -0.460. The quantitative estimate of drug-likeness (QED) is 0.858.